The Balaban J connectivity index is 1.41. The number of piperidine rings is 1. The number of carbonyl (C=O) groups excluding carboxylic acids is 1. The van der Waals surface area contributed by atoms with Gasteiger partial charge in [0.2, 0.25) is 5.91 Å². The fourth-order valence-electron chi connectivity index (χ4n) is 3.98. The Bertz CT molecular complexity index is 919. The summed E-state index contributed by atoms with van der Waals surface area (Å²) in [6.07, 6.45) is 5.66. The lowest BCUT2D eigenvalue weighted by Crippen LogP contribution is -2.59. The number of pyridine rings is 1. The molecule has 2 aliphatic heterocycles. The lowest BCUT2D eigenvalue weighted by Gasteiger charge is -2.47. The van der Waals surface area contributed by atoms with Crippen LogP contribution in [0.4, 0.5) is 10.2 Å². The summed E-state index contributed by atoms with van der Waals surface area (Å²) in [5.41, 5.74) is -0.235. The van der Waals surface area contributed by atoms with E-state index in [1.165, 1.54) is 24.9 Å². The smallest absolute Gasteiger partial charge is 0.247 e. The number of morpholine rings is 1. The largest absolute Gasteiger partial charge is 0.371 e. The Kier molecular flexibility index (Phi) is 5.15. The van der Waals surface area contributed by atoms with Crippen LogP contribution in [0.15, 0.2) is 24.9 Å². The molecule has 1 spiro atoms. The second-order valence-electron chi connectivity index (χ2n) is 7.47. The third kappa shape index (κ3) is 3.78. The molecule has 4 heterocycles. The summed E-state index contributed by atoms with van der Waals surface area (Å²) in [4.78, 5) is 24.6. The highest BCUT2D eigenvalue weighted by atomic mass is 19.1. The highest BCUT2D eigenvalue weighted by Crippen LogP contribution is 2.33. The van der Waals surface area contributed by atoms with Crippen molar-refractivity contribution < 1.29 is 13.9 Å². The number of nitriles is 1. The fraction of sp³-hybridized carbons (Fsp3) is 0.526. The molecule has 0 radical (unpaired) electrons. The SMILES string of the molecule is CC(C(=O)N1CCOC2(CCN(c3ncc(C#N)cc3F)CC2)C1)n1cncn1. The molecule has 1 amide bonds. The van der Waals surface area contributed by atoms with Crippen LogP contribution in [-0.4, -0.2) is 68.9 Å². The Morgan fingerprint density at radius 3 is 2.83 bits per heavy atom. The molecule has 2 aromatic rings. The highest BCUT2D eigenvalue weighted by Gasteiger charge is 2.42. The van der Waals surface area contributed by atoms with Gasteiger partial charge in [-0.25, -0.2) is 19.0 Å². The molecule has 4 rings (SSSR count). The average molecular weight is 399 g/mol. The number of ether oxygens (including phenoxy) is 1. The first-order valence-electron chi connectivity index (χ1n) is 9.59. The van der Waals surface area contributed by atoms with E-state index in [-0.39, 0.29) is 17.3 Å². The summed E-state index contributed by atoms with van der Waals surface area (Å²) < 4.78 is 21.9. The quantitative estimate of drug-likeness (QED) is 0.763. The zero-order valence-corrected chi connectivity index (χ0v) is 16.2. The number of amides is 1. The van der Waals surface area contributed by atoms with Crippen LogP contribution < -0.4 is 4.90 Å². The summed E-state index contributed by atoms with van der Waals surface area (Å²) >= 11 is 0. The molecular weight excluding hydrogens is 377 g/mol. The molecule has 0 bridgehead atoms. The molecule has 152 valence electrons. The van der Waals surface area contributed by atoms with E-state index in [0.29, 0.717) is 45.6 Å². The van der Waals surface area contributed by atoms with E-state index in [1.807, 2.05) is 15.9 Å². The number of aromatic nitrogens is 4. The second kappa shape index (κ2) is 7.75. The van der Waals surface area contributed by atoms with Crippen LogP contribution in [0.1, 0.15) is 31.4 Å². The summed E-state index contributed by atoms with van der Waals surface area (Å²) in [7, 11) is 0. The van der Waals surface area contributed by atoms with Gasteiger partial charge in [0.15, 0.2) is 11.6 Å². The number of carbonyl (C=O) groups is 1. The fourth-order valence-corrected chi connectivity index (χ4v) is 3.98. The molecular formula is C19H22FN7O2. The third-order valence-corrected chi connectivity index (χ3v) is 5.68. The van der Waals surface area contributed by atoms with Crippen LogP contribution >= 0.6 is 0 Å². The monoisotopic (exact) mass is 399 g/mol. The number of hydrogen-bond donors (Lipinski definition) is 0. The van der Waals surface area contributed by atoms with E-state index < -0.39 is 17.5 Å². The Morgan fingerprint density at radius 1 is 1.38 bits per heavy atom. The van der Waals surface area contributed by atoms with Gasteiger partial charge in [0.1, 0.15) is 24.8 Å². The lowest BCUT2D eigenvalue weighted by atomic mass is 9.89. The molecule has 2 fully saturated rings. The molecule has 0 aromatic carbocycles. The van der Waals surface area contributed by atoms with Crippen molar-refractivity contribution in [3.8, 4) is 6.07 Å². The Hall–Kier alpha value is -3.06. The molecule has 0 aliphatic carbocycles. The maximum Gasteiger partial charge on any atom is 0.247 e. The van der Waals surface area contributed by atoms with Gasteiger partial charge in [0.25, 0.3) is 0 Å². The van der Waals surface area contributed by atoms with Gasteiger partial charge >= 0.3 is 0 Å². The predicted octanol–water partition coefficient (Wildman–Crippen LogP) is 1.14. The molecule has 1 atom stereocenters. The van der Waals surface area contributed by atoms with Crippen LogP contribution in [0.3, 0.4) is 0 Å². The van der Waals surface area contributed by atoms with Crippen molar-refractivity contribution in [3.63, 3.8) is 0 Å². The average Bonchev–Trinajstić information content (AvgIpc) is 3.28. The molecule has 2 aromatic heterocycles. The highest BCUT2D eigenvalue weighted by molar-refractivity contribution is 5.80. The van der Waals surface area contributed by atoms with Gasteiger partial charge in [-0.15, -0.1) is 0 Å². The molecule has 29 heavy (non-hydrogen) atoms. The normalized spacial score (nSPS) is 19.8. The minimum Gasteiger partial charge on any atom is -0.371 e. The molecule has 10 heteroatoms. The second-order valence-corrected chi connectivity index (χ2v) is 7.47. The Labute approximate surface area is 167 Å². The van der Waals surface area contributed by atoms with Gasteiger partial charge in [-0.3, -0.25) is 4.79 Å². The first kappa shape index (κ1) is 19.3. The van der Waals surface area contributed by atoms with E-state index in [1.54, 1.807) is 11.6 Å². The number of anilines is 1. The number of halogens is 1. The molecule has 1 unspecified atom stereocenters. The minimum absolute atomic E-state index is 0.0135. The number of rotatable bonds is 3. The van der Waals surface area contributed by atoms with Crippen molar-refractivity contribution in [2.45, 2.75) is 31.4 Å². The van der Waals surface area contributed by atoms with Crippen LogP contribution in [0.2, 0.25) is 0 Å². The zero-order chi connectivity index (χ0) is 20.4. The lowest BCUT2D eigenvalue weighted by molar-refractivity contribution is -0.157. The summed E-state index contributed by atoms with van der Waals surface area (Å²) in [6, 6.07) is 2.67. The summed E-state index contributed by atoms with van der Waals surface area (Å²) in [5, 5.41) is 12.9. The number of hydrogen-bond acceptors (Lipinski definition) is 7. The number of nitrogens with zero attached hydrogens (tertiary/aromatic N) is 7. The van der Waals surface area contributed by atoms with Crippen LogP contribution in [0.5, 0.6) is 0 Å². The van der Waals surface area contributed by atoms with Gasteiger partial charge in [-0.05, 0) is 25.8 Å². The van der Waals surface area contributed by atoms with Crippen molar-refractivity contribution in [2.75, 3.05) is 37.7 Å². The summed E-state index contributed by atoms with van der Waals surface area (Å²) in [6.45, 7) is 4.45. The minimum atomic E-state index is -0.497. The van der Waals surface area contributed by atoms with Crippen LogP contribution in [0, 0.1) is 17.1 Å². The van der Waals surface area contributed by atoms with E-state index in [9.17, 15) is 9.18 Å². The first-order chi connectivity index (χ1) is 14.0. The van der Waals surface area contributed by atoms with Crippen molar-refractivity contribution in [1.29, 1.82) is 5.26 Å². The molecule has 0 N–H and O–H groups in total. The molecule has 0 saturated carbocycles. The van der Waals surface area contributed by atoms with Gasteiger partial charge in [-0.2, -0.15) is 10.4 Å². The van der Waals surface area contributed by atoms with Crippen LogP contribution in [0.25, 0.3) is 0 Å². The standard InChI is InChI=1S/C19H22FN7O2/c1-14(27-13-22-12-24-27)18(28)26-6-7-29-19(11-26)2-4-25(5-3-19)17-16(20)8-15(9-21)10-23-17/h8,10,12-14H,2-7,11H2,1H3. The van der Waals surface area contributed by atoms with Gasteiger partial charge < -0.3 is 14.5 Å². The van der Waals surface area contributed by atoms with Gasteiger partial charge in [-0.1, -0.05) is 0 Å². The summed E-state index contributed by atoms with van der Waals surface area (Å²) in [5.74, 6) is -0.258. The molecule has 2 aliphatic rings. The first-order valence-corrected chi connectivity index (χ1v) is 9.59. The van der Waals surface area contributed by atoms with Crippen molar-refractivity contribution in [1.82, 2.24) is 24.6 Å². The zero-order valence-electron chi connectivity index (χ0n) is 16.2. The molecule has 2 saturated heterocycles. The van der Waals surface area contributed by atoms with E-state index in [0.717, 1.165) is 0 Å². The maximum absolute atomic E-state index is 14.3. The Morgan fingerprint density at radius 2 is 2.17 bits per heavy atom. The van der Waals surface area contributed by atoms with E-state index in [4.69, 9.17) is 10.00 Å². The maximum atomic E-state index is 14.3. The van der Waals surface area contributed by atoms with Gasteiger partial charge in [0, 0.05) is 32.4 Å². The predicted molar refractivity (Wildman–Crippen MR) is 100 cm³/mol. The van der Waals surface area contributed by atoms with Crippen molar-refractivity contribution in [3.05, 3.63) is 36.3 Å². The van der Waals surface area contributed by atoms with Crippen LogP contribution in [-0.2, 0) is 9.53 Å². The van der Waals surface area contributed by atoms with E-state index >= 15 is 0 Å². The topological polar surface area (TPSA) is 100 Å². The van der Waals surface area contributed by atoms with Crippen molar-refractivity contribution in [2.24, 2.45) is 0 Å². The van der Waals surface area contributed by atoms with Gasteiger partial charge in [0.05, 0.1) is 17.8 Å². The van der Waals surface area contributed by atoms with Crippen molar-refractivity contribution >= 4 is 11.7 Å². The molecule has 9 nitrogen and oxygen atoms in total. The van der Waals surface area contributed by atoms with E-state index in [2.05, 4.69) is 15.1 Å². The third-order valence-electron chi connectivity index (χ3n) is 5.68.